The standard InChI is InChI=1S/C16H18N2O/c17-9-15(12-5-3-7-18-10-12)16(19)14-8-11-4-1-2-6-13(11)14/h1-7,10,14-16,19H,8-9,17H2. The summed E-state index contributed by atoms with van der Waals surface area (Å²) in [5.41, 5.74) is 9.47. The highest BCUT2D eigenvalue weighted by atomic mass is 16.3. The number of pyridine rings is 1. The first-order valence-corrected chi connectivity index (χ1v) is 6.67. The van der Waals surface area contributed by atoms with Crippen molar-refractivity contribution in [2.24, 2.45) is 5.73 Å². The maximum atomic E-state index is 10.6. The summed E-state index contributed by atoms with van der Waals surface area (Å²) in [6, 6.07) is 12.2. The SMILES string of the molecule is NCC(c1cccnc1)C(O)C1Cc2ccccc21. The number of benzene rings is 1. The molecule has 3 rings (SSSR count). The van der Waals surface area contributed by atoms with Crippen LogP contribution in [0.15, 0.2) is 48.8 Å². The average Bonchev–Trinajstić information content (AvgIpc) is 2.42. The lowest BCUT2D eigenvalue weighted by Crippen LogP contribution is -2.36. The van der Waals surface area contributed by atoms with E-state index in [-0.39, 0.29) is 11.8 Å². The third-order valence-electron chi connectivity index (χ3n) is 4.09. The molecule has 98 valence electrons. The van der Waals surface area contributed by atoms with Crippen LogP contribution in [-0.4, -0.2) is 22.7 Å². The molecule has 3 N–H and O–H groups in total. The van der Waals surface area contributed by atoms with Crippen LogP contribution in [0.1, 0.15) is 28.5 Å². The Labute approximate surface area is 113 Å². The summed E-state index contributed by atoms with van der Waals surface area (Å²) in [6.45, 7) is 0.436. The van der Waals surface area contributed by atoms with E-state index in [2.05, 4.69) is 17.1 Å². The number of aliphatic hydroxyl groups is 1. The molecule has 0 saturated carbocycles. The fourth-order valence-corrected chi connectivity index (χ4v) is 2.95. The van der Waals surface area contributed by atoms with Crippen LogP contribution in [0.4, 0.5) is 0 Å². The Morgan fingerprint density at radius 2 is 2.11 bits per heavy atom. The molecule has 1 aromatic heterocycles. The smallest absolute Gasteiger partial charge is 0.0693 e. The number of aliphatic hydroxyl groups excluding tert-OH is 1. The van der Waals surface area contributed by atoms with Crippen molar-refractivity contribution in [3.8, 4) is 0 Å². The summed E-state index contributed by atoms with van der Waals surface area (Å²) in [4.78, 5) is 4.12. The molecule has 3 nitrogen and oxygen atoms in total. The summed E-state index contributed by atoms with van der Waals surface area (Å²) >= 11 is 0. The van der Waals surface area contributed by atoms with Gasteiger partial charge < -0.3 is 10.8 Å². The lowest BCUT2D eigenvalue weighted by molar-refractivity contribution is 0.106. The molecule has 1 aliphatic rings. The first-order valence-electron chi connectivity index (χ1n) is 6.67. The van der Waals surface area contributed by atoms with E-state index in [0.717, 1.165) is 12.0 Å². The van der Waals surface area contributed by atoms with Crippen molar-refractivity contribution in [2.75, 3.05) is 6.54 Å². The fraction of sp³-hybridized carbons (Fsp3) is 0.312. The minimum Gasteiger partial charge on any atom is -0.392 e. The van der Waals surface area contributed by atoms with E-state index in [1.807, 2.05) is 24.3 Å². The Morgan fingerprint density at radius 3 is 2.79 bits per heavy atom. The molecule has 0 spiro atoms. The number of nitrogens with zero attached hydrogens (tertiary/aromatic N) is 1. The first-order chi connectivity index (χ1) is 9.31. The van der Waals surface area contributed by atoms with Crippen molar-refractivity contribution < 1.29 is 5.11 Å². The molecular formula is C16H18N2O. The van der Waals surface area contributed by atoms with Gasteiger partial charge in [-0.25, -0.2) is 0 Å². The molecule has 3 atom stereocenters. The number of aromatic nitrogens is 1. The van der Waals surface area contributed by atoms with Gasteiger partial charge in [0.15, 0.2) is 0 Å². The largest absolute Gasteiger partial charge is 0.392 e. The predicted octanol–water partition coefficient (Wildman–Crippen LogP) is 1.82. The van der Waals surface area contributed by atoms with E-state index >= 15 is 0 Å². The zero-order valence-electron chi connectivity index (χ0n) is 10.7. The van der Waals surface area contributed by atoms with Gasteiger partial charge in [0.1, 0.15) is 0 Å². The van der Waals surface area contributed by atoms with E-state index < -0.39 is 6.10 Å². The highest BCUT2D eigenvalue weighted by Gasteiger charge is 2.36. The number of nitrogens with two attached hydrogens (primary N) is 1. The van der Waals surface area contributed by atoms with Crippen molar-refractivity contribution in [3.63, 3.8) is 0 Å². The Kier molecular flexibility index (Phi) is 3.32. The molecule has 2 aromatic rings. The molecule has 0 saturated heterocycles. The van der Waals surface area contributed by atoms with Crippen LogP contribution in [0.2, 0.25) is 0 Å². The average molecular weight is 254 g/mol. The van der Waals surface area contributed by atoms with Gasteiger partial charge >= 0.3 is 0 Å². The summed E-state index contributed by atoms with van der Waals surface area (Å²) in [5, 5.41) is 10.6. The van der Waals surface area contributed by atoms with E-state index in [1.165, 1.54) is 11.1 Å². The van der Waals surface area contributed by atoms with Crippen LogP contribution in [-0.2, 0) is 6.42 Å². The van der Waals surface area contributed by atoms with Gasteiger partial charge in [0, 0.05) is 30.8 Å². The van der Waals surface area contributed by atoms with Crippen LogP contribution in [0.25, 0.3) is 0 Å². The van der Waals surface area contributed by atoms with Gasteiger partial charge in [0.05, 0.1) is 6.10 Å². The molecule has 0 amide bonds. The van der Waals surface area contributed by atoms with Crippen molar-refractivity contribution in [2.45, 2.75) is 24.4 Å². The molecule has 0 radical (unpaired) electrons. The van der Waals surface area contributed by atoms with E-state index in [1.54, 1.807) is 12.4 Å². The predicted molar refractivity (Wildman–Crippen MR) is 74.9 cm³/mol. The van der Waals surface area contributed by atoms with E-state index in [0.29, 0.717) is 6.54 Å². The maximum Gasteiger partial charge on any atom is 0.0693 e. The van der Waals surface area contributed by atoms with E-state index in [9.17, 15) is 5.11 Å². The van der Waals surface area contributed by atoms with Gasteiger partial charge in [0.2, 0.25) is 0 Å². The zero-order chi connectivity index (χ0) is 13.2. The van der Waals surface area contributed by atoms with Gasteiger partial charge in [-0.05, 0) is 29.2 Å². The van der Waals surface area contributed by atoms with Crippen LogP contribution >= 0.6 is 0 Å². The Balaban J connectivity index is 1.83. The van der Waals surface area contributed by atoms with Gasteiger partial charge in [-0.3, -0.25) is 4.98 Å². The number of rotatable bonds is 4. The second-order valence-corrected chi connectivity index (χ2v) is 5.13. The second kappa shape index (κ2) is 5.11. The summed E-state index contributed by atoms with van der Waals surface area (Å²) < 4.78 is 0. The molecule has 0 bridgehead atoms. The maximum absolute atomic E-state index is 10.6. The molecule has 0 fully saturated rings. The van der Waals surface area contributed by atoms with Crippen LogP contribution in [0.5, 0.6) is 0 Å². The lowest BCUT2D eigenvalue weighted by atomic mass is 9.70. The quantitative estimate of drug-likeness (QED) is 0.875. The zero-order valence-corrected chi connectivity index (χ0v) is 10.7. The molecule has 0 aliphatic heterocycles. The molecule has 3 unspecified atom stereocenters. The molecule has 19 heavy (non-hydrogen) atoms. The van der Waals surface area contributed by atoms with Gasteiger partial charge in [-0.2, -0.15) is 0 Å². The molecule has 1 heterocycles. The minimum atomic E-state index is -0.441. The first kappa shape index (κ1) is 12.3. The van der Waals surface area contributed by atoms with Crippen molar-refractivity contribution in [1.29, 1.82) is 0 Å². The highest BCUT2D eigenvalue weighted by molar-refractivity contribution is 5.41. The Hall–Kier alpha value is -1.71. The van der Waals surface area contributed by atoms with Gasteiger partial charge in [-0.15, -0.1) is 0 Å². The summed E-state index contributed by atoms with van der Waals surface area (Å²) in [7, 11) is 0. The van der Waals surface area contributed by atoms with Crippen LogP contribution < -0.4 is 5.73 Å². The Morgan fingerprint density at radius 1 is 1.26 bits per heavy atom. The Bertz CT molecular complexity index is 556. The molecule has 3 heteroatoms. The molecule has 1 aliphatic carbocycles. The van der Waals surface area contributed by atoms with Crippen molar-refractivity contribution in [1.82, 2.24) is 4.98 Å². The highest BCUT2D eigenvalue weighted by Crippen LogP contribution is 2.41. The van der Waals surface area contributed by atoms with Crippen molar-refractivity contribution in [3.05, 3.63) is 65.5 Å². The number of hydrogen-bond donors (Lipinski definition) is 2. The topological polar surface area (TPSA) is 59.1 Å². The lowest BCUT2D eigenvalue weighted by Gasteiger charge is -2.37. The summed E-state index contributed by atoms with van der Waals surface area (Å²) in [5.74, 6) is 0.150. The molecular weight excluding hydrogens is 236 g/mol. The van der Waals surface area contributed by atoms with Crippen LogP contribution in [0.3, 0.4) is 0 Å². The molecule has 1 aromatic carbocycles. The van der Waals surface area contributed by atoms with Crippen molar-refractivity contribution >= 4 is 0 Å². The minimum absolute atomic E-state index is 0.0490. The number of hydrogen-bond acceptors (Lipinski definition) is 3. The third-order valence-corrected chi connectivity index (χ3v) is 4.09. The summed E-state index contributed by atoms with van der Waals surface area (Å²) in [6.07, 6.45) is 4.03. The van der Waals surface area contributed by atoms with E-state index in [4.69, 9.17) is 5.73 Å². The number of fused-ring (bicyclic) bond motifs is 1. The van der Waals surface area contributed by atoms with Gasteiger partial charge in [-0.1, -0.05) is 30.3 Å². The normalized spacial score (nSPS) is 20.2. The second-order valence-electron chi connectivity index (χ2n) is 5.13. The third kappa shape index (κ3) is 2.15. The monoisotopic (exact) mass is 254 g/mol. The fourth-order valence-electron chi connectivity index (χ4n) is 2.95. The van der Waals surface area contributed by atoms with Gasteiger partial charge in [0.25, 0.3) is 0 Å². The van der Waals surface area contributed by atoms with Crippen LogP contribution in [0, 0.1) is 0 Å².